The second-order valence-electron chi connectivity index (χ2n) is 2.33. The molecule has 2 aromatic rings. The third-order valence-electron chi connectivity index (χ3n) is 1.52. The number of fused-ring (bicyclic) bond motifs is 1. The van der Waals surface area contributed by atoms with Gasteiger partial charge in [0, 0.05) is 3.57 Å². The SMILES string of the molecule is Nc1noc2cc(I)cc(F)c12. The molecule has 0 aliphatic heterocycles. The molecule has 1 aromatic carbocycles. The summed E-state index contributed by atoms with van der Waals surface area (Å²) >= 11 is 1.99. The molecule has 62 valence electrons. The Labute approximate surface area is 80.8 Å². The summed E-state index contributed by atoms with van der Waals surface area (Å²) in [5.74, 6) is -0.297. The zero-order valence-electron chi connectivity index (χ0n) is 5.84. The Hall–Kier alpha value is -0.850. The monoisotopic (exact) mass is 278 g/mol. The van der Waals surface area contributed by atoms with Crippen molar-refractivity contribution in [2.75, 3.05) is 5.73 Å². The van der Waals surface area contributed by atoms with Crippen LogP contribution < -0.4 is 5.73 Å². The molecule has 0 fully saturated rings. The molecule has 1 heterocycles. The molecule has 0 bridgehead atoms. The largest absolute Gasteiger partial charge is 0.380 e. The molecule has 12 heavy (non-hydrogen) atoms. The van der Waals surface area contributed by atoms with Gasteiger partial charge >= 0.3 is 0 Å². The van der Waals surface area contributed by atoms with Gasteiger partial charge < -0.3 is 10.3 Å². The molecule has 5 heteroatoms. The zero-order valence-corrected chi connectivity index (χ0v) is 8.00. The summed E-state index contributed by atoms with van der Waals surface area (Å²) in [6, 6.07) is 3.07. The minimum absolute atomic E-state index is 0.0962. The van der Waals surface area contributed by atoms with Gasteiger partial charge in [0.05, 0.1) is 0 Å². The summed E-state index contributed by atoms with van der Waals surface area (Å²) < 4.78 is 18.7. The van der Waals surface area contributed by atoms with Crippen molar-refractivity contribution in [2.45, 2.75) is 0 Å². The third-order valence-corrected chi connectivity index (χ3v) is 2.14. The molecule has 0 atom stereocenters. The van der Waals surface area contributed by atoms with E-state index in [1.165, 1.54) is 6.07 Å². The normalized spacial score (nSPS) is 10.8. The molecule has 1 aromatic heterocycles. The Kier molecular flexibility index (Phi) is 1.67. The van der Waals surface area contributed by atoms with Crippen molar-refractivity contribution < 1.29 is 8.91 Å². The number of rotatable bonds is 0. The number of nitrogens with zero attached hydrogens (tertiary/aromatic N) is 1. The molecule has 0 aliphatic carbocycles. The van der Waals surface area contributed by atoms with Crippen LogP contribution in [-0.4, -0.2) is 5.16 Å². The van der Waals surface area contributed by atoms with E-state index in [1.807, 2.05) is 22.6 Å². The lowest BCUT2D eigenvalue weighted by molar-refractivity contribution is 0.460. The fourth-order valence-corrected chi connectivity index (χ4v) is 1.57. The predicted octanol–water partition coefficient (Wildman–Crippen LogP) is 2.15. The van der Waals surface area contributed by atoms with Gasteiger partial charge in [-0.15, -0.1) is 0 Å². The van der Waals surface area contributed by atoms with Gasteiger partial charge in [-0.2, -0.15) is 0 Å². The highest BCUT2D eigenvalue weighted by molar-refractivity contribution is 14.1. The smallest absolute Gasteiger partial charge is 0.177 e. The van der Waals surface area contributed by atoms with E-state index in [-0.39, 0.29) is 11.2 Å². The van der Waals surface area contributed by atoms with E-state index in [1.54, 1.807) is 6.07 Å². The van der Waals surface area contributed by atoms with Crippen LogP contribution in [0.3, 0.4) is 0 Å². The number of nitrogens with two attached hydrogens (primary N) is 1. The molecule has 0 aliphatic rings. The van der Waals surface area contributed by atoms with Crippen molar-refractivity contribution in [2.24, 2.45) is 0 Å². The molecule has 0 amide bonds. The highest BCUT2D eigenvalue weighted by atomic mass is 127. The van der Waals surface area contributed by atoms with Gasteiger partial charge in [-0.05, 0) is 34.7 Å². The fraction of sp³-hybridized carbons (Fsp3) is 0. The predicted molar refractivity (Wildman–Crippen MR) is 51.1 cm³/mol. The number of aromatic nitrogens is 1. The van der Waals surface area contributed by atoms with Crippen LogP contribution in [0, 0.1) is 9.39 Å². The maximum Gasteiger partial charge on any atom is 0.177 e. The topological polar surface area (TPSA) is 52.0 Å². The first-order valence-electron chi connectivity index (χ1n) is 3.18. The first-order valence-corrected chi connectivity index (χ1v) is 4.26. The second kappa shape index (κ2) is 2.58. The summed E-state index contributed by atoms with van der Waals surface area (Å²) in [4.78, 5) is 0. The Balaban J connectivity index is 2.93. The number of anilines is 1. The van der Waals surface area contributed by atoms with Crippen molar-refractivity contribution >= 4 is 39.4 Å². The van der Waals surface area contributed by atoms with Gasteiger partial charge in [0.1, 0.15) is 11.2 Å². The maximum absolute atomic E-state index is 13.2. The van der Waals surface area contributed by atoms with Gasteiger partial charge in [-0.25, -0.2) is 4.39 Å². The number of halogens is 2. The molecule has 0 saturated heterocycles. The van der Waals surface area contributed by atoms with Crippen molar-refractivity contribution in [3.63, 3.8) is 0 Å². The number of hydrogen-bond donors (Lipinski definition) is 1. The molecule has 0 saturated carbocycles. The highest BCUT2D eigenvalue weighted by Crippen LogP contribution is 2.25. The van der Waals surface area contributed by atoms with Crippen molar-refractivity contribution in [1.82, 2.24) is 5.16 Å². The Bertz CT molecular complexity index is 440. The lowest BCUT2D eigenvalue weighted by Crippen LogP contribution is -1.86. The molecule has 0 unspecified atom stereocenters. The molecule has 0 spiro atoms. The van der Waals surface area contributed by atoms with Gasteiger partial charge in [-0.1, -0.05) is 5.16 Å². The summed E-state index contributed by atoms with van der Waals surface area (Å²) in [7, 11) is 0. The summed E-state index contributed by atoms with van der Waals surface area (Å²) in [5.41, 5.74) is 5.77. The molecular formula is C7H4FIN2O. The lowest BCUT2D eigenvalue weighted by Gasteiger charge is -1.91. The molecular weight excluding hydrogens is 274 g/mol. The van der Waals surface area contributed by atoms with Gasteiger partial charge in [0.25, 0.3) is 0 Å². The first kappa shape index (κ1) is 7.78. The van der Waals surface area contributed by atoms with Crippen LogP contribution in [0.1, 0.15) is 0 Å². The van der Waals surface area contributed by atoms with E-state index in [0.717, 1.165) is 3.57 Å². The quantitative estimate of drug-likeness (QED) is 0.751. The van der Waals surface area contributed by atoms with Crippen LogP contribution in [0.15, 0.2) is 16.7 Å². The van der Waals surface area contributed by atoms with E-state index in [2.05, 4.69) is 5.16 Å². The van der Waals surface area contributed by atoms with Crippen molar-refractivity contribution in [3.8, 4) is 0 Å². The first-order chi connectivity index (χ1) is 5.68. The Morgan fingerprint density at radius 1 is 1.50 bits per heavy atom. The summed E-state index contributed by atoms with van der Waals surface area (Å²) in [6.45, 7) is 0. The van der Waals surface area contributed by atoms with Crippen molar-refractivity contribution in [3.05, 3.63) is 21.5 Å². The van der Waals surface area contributed by atoms with Crippen LogP contribution in [0.5, 0.6) is 0 Å². The van der Waals surface area contributed by atoms with Crippen LogP contribution in [0.2, 0.25) is 0 Å². The number of hydrogen-bond acceptors (Lipinski definition) is 3. The van der Waals surface area contributed by atoms with Crippen molar-refractivity contribution in [1.29, 1.82) is 0 Å². The Morgan fingerprint density at radius 2 is 2.25 bits per heavy atom. The zero-order chi connectivity index (χ0) is 8.72. The van der Waals surface area contributed by atoms with E-state index in [0.29, 0.717) is 5.58 Å². The van der Waals surface area contributed by atoms with Crippen LogP contribution in [0.4, 0.5) is 10.2 Å². The van der Waals surface area contributed by atoms with Crippen LogP contribution in [0.25, 0.3) is 11.0 Å². The van der Waals surface area contributed by atoms with Gasteiger partial charge in [0.2, 0.25) is 0 Å². The average Bonchev–Trinajstić information content (AvgIpc) is 2.31. The summed E-state index contributed by atoms with van der Waals surface area (Å²) in [5, 5.41) is 3.72. The second-order valence-corrected chi connectivity index (χ2v) is 3.57. The lowest BCUT2D eigenvalue weighted by atomic mass is 10.2. The average molecular weight is 278 g/mol. The summed E-state index contributed by atoms with van der Waals surface area (Å²) in [6.07, 6.45) is 0. The van der Waals surface area contributed by atoms with Gasteiger partial charge in [-0.3, -0.25) is 0 Å². The minimum atomic E-state index is -0.393. The number of benzene rings is 1. The highest BCUT2D eigenvalue weighted by Gasteiger charge is 2.10. The molecule has 0 radical (unpaired) electrons. The minimum Gasteiger partial charge on any atom is -0.380 e. The fourth-order valence-electron chi connectivity index (χ4n) is 1.01. The van der Waals surface area contributed by atoms with E-state index in [4.69, 9.17) is 10.3 Å². The Morgan fingerprint density at radius 3 is 3.00 bits per heavy atom. The van der Waals surface area contributed by atoms with Crippen LogP contribution >= 0.6 is 22.6 Å². The van der Waals surface area contributed by atoms with E-state index >= 15 is 0 Å². The van der Waals surface area contributed by atoms with Crippen LogP contribution in [-0.2, 0) is 0 Å². The molecule has 2 rings (SSSR count). The maximum atomic E-state index is 13.2. The standard InChI is InChI=1S/C7H4FIN2O/c8-4-1-3(9)2-5-6(4)7(10)11-12-5/h1-2H,(H2,10,11). The molecule has 3 nitrogen and oxygen atoms in total. The van der Waals surface area contributed by atoms with E-state index in [9.17, 15) is 4.39 Å². The third kappa shape index (κ3) is 1.04. The molecule has 2 N–H and O–H groups in total. The van der Waals surface area contributed by atoms with Gasteiger partial charge in [0.15, 0.2) is 11.4 Å². The van der Waals surface area contributed by atoms with E-state index < -0.39 is 5.82 Å². The number of nitrogen functional groups attached to an aromatic ring is 1.